The molecule has 1 N–H and O–H groups in total. The van der Waals surface area contributed by atoms with Gasteiger partial charge in [0.1, 0.15) is 11.0 Å². The van der Waals surface area contributed by atoms with Crippen LogP contribution in [-0.4, -0.2) is 67.9 Å². The lowest BCUT2D eigenvalue weighted by atomic mass is 9.60. The van der Waals surface area contributed by atoms with Crippen molar-refractivity contribution >= 4 is 305 Å². The molecule has 26 aromatic carbocycles. The molecule has 0 bridgehead atoms. The van der Waals surface area contributed by atoms with Crippen LogP contribution in [0.25, 0.3) is 259 Å². The van der Waals surface area contributed by atoms with E-state index in [4.69, 9.17) is 24.0 Å². The Kier molecular flexibility index (Phi) is 5.12. The predicted octanol–water partition coefficient (Wildman–Crippen LogP) is 13.9. The van der Waals surface area contributed by atoms with E-state index >= 15 is 28.8 Å². The number of hydrogen-bond acceptors (Lipinski definition) is 16. The van der Waals surface area contributed by atoms with Gasteiger partial charge in [-0.3, -0.25) is 44.8 Å². The number of carbonyl (C=O) groups is 5. The molecule has 94 heavy (non-hydrogen) atoms. The van der Waals surface area contributed by atoms with Gasteiger partial charge in [0.05, 0.1) is 55.5 Å². The van der Waals surface area contributed by atoms with Crippen LogP contribution in [0.4, 0.5) is 17.1 Å². The first kappa shape index (κ1) is 43.2. The normalized spacial score (nSPS) is 20.1. The molecule has 30 rings (SSSR count). The minimum atomic E-state index is -2.93. The van der Waals surface area contributed by atoms with Crippen LogP contribution in [0.2, 0.25) is 0 Å². The van der Waals surface area contributed by atoms with E-state index < -0.39 is 78.3 Å². The molecule has 26 aromatic rings. The summed E-state index contributed by atoms with van der Waals surface area (Å²) in [7, 11) is 4.50. The van der Waals surface area contributed by atoms with Crippen LogP contribution >= 0.6 is 0 Å². The predicted molar refractivity (Wildman–Crippen MR) is 355 cm³/mol. The summed E-state index contributed by atoms with van der Waals surface area (Å²) >= 11 is 0. The third-order valence-electron chi connectivity index (χ3n) is 26.6. The Labute approximate surface area is 510 Å². The lowest BCUT2D eigenvalue weighted by molar-refractivity contribution is -0.393. The van der Waals surface area contributed by atoms with Crippen LogP contribution in [0.15, 0.2) is 39.2 Å². The highest BCUT2D eigenvalue weighted by Crippen LogP contribution is 2.79. The summed E-state index contributed by atoms with van der Waals surface area (Å²) in [5.74, 6) is -5.77. The fraction of sp³-hybridized carbons (Fsp3) is 0.0921. The van der Waals surface area contributed by atoms with E-state index in [0.717, 1.165) is 206 Å². The Balaban J connectivity index is 1.06. The van der Waals surface area contributed by atoms with Gasteiger partial charge in [-0.05, 0) is 255 Å². The zero-order chi connectivity index (χ0) is 61.3. The van der Waals surface area contributed by atoms with Crippen molar-refractivity contribution < 1.29 is 52.8 Å². The quantitative estimate of drug-likeness (QED) is 0.0371. The van der Waals surface area contributed by atoms with Crippen molar-refractivity contribution in [2.75, 3.05) is 33.9 Å². The molecule has 0 saturated heterocycles. The summed E-state index contributed by atoms with van der Waals surface area (Å²) in [6, 6.07) is 3.11. The highest BCUT2D eigenvalue weighted by atomic mass is 16.6. The Bertz CT molecular complexity index is 8640. The minimum absolute atomic E-state index is 0.0441. The van der Waals surface area contributed by atoms with Crippen LogP contribution in [0.3, 0.4) is 0 Å². The second-order valence-corrected chi connectivity index (χ2v) is 28.3. The first-order valence-electron chi connectivity index (χ1n) is 31.0. The van der Waals surface area contributed by atoms with Gasteiger partial charge >= 0.3 is 29.6 Å². The van der Waals surface area contributed by atoms with E-state index in [9.17, 15) is 20.2 Å². The number of ether oxygens (including phenoxy) is 4. The summed E-state index contributed by atoms with van der Waals surface area (Å²) in [5, 5.41) is 72.8. The zero-order valence-electron chi connectivity index (χ0n) is 48.0. The van der Waals surface area contributed by atoms with Gasteiger partial charge in [-0.2, -0.15) is 5.10 Å². The summed E-state index contributed by atoms with van der Waals surface area (Å²) in [5.41, 5.74) is -4.60. The number of anilines is 1. The number of Topliss-reactive ketones (excluding diaryl/α,β-unsaturated/α-hetero) is 1. The number of non-ortho nitro benzene ring substituents is 1. The molecule has 426 valence electrons. The van der Waals surface area contributed by atoms with E-state index in [1.807, 2.05) is 0 Å². The molecule has 18 nitrogen and oxygen atoms in total. The van der Waals surface area contributed by atoms with Gasteiger partial charge in [0, 0.05) is 55.8 Å². The molecule has 2 atom stereocenters. The maximum Gasteiger partial charge on any atom is 0.336 e. The Morgan fingerprint density at radius 1 is 0.404 bits per heavy atom. The number of esters is 4. The lowest BCUT2D eigenvalue weighted by Gasteiger charge is -2.38. The molecule has 0 amide bonds. The second kappa shape index (κ2) is 11.1. The number of methoxy groups -OCH3 is 4. The second-order valence-electron chi connectivity index (χ2n) is 28.3. The minimum Gasteiger partial charge on any atom is -0.468 e. The Morgan fingerprint density at radius 3 is 1.14 bits per heavy atom. The monoisotopic (exact) mass is 1210 g/mol. The number of hydrogen-bond donors (Lipinski definition) is 1. The van der Waals surface area contributed by atoms with Crippen LogP contribution in [0.5, 0.6) is 0 Å². The molecule has 4 aliphatic rings. The largest absolute Gasteiger partial charge is 0.468 e. The number of fused-ring (bicyclic) bond motifs is 6. The van der Waals surface area contributed by atoms with Gasteiger partial charge in [0.2, 0.25) is 5.43 Å². The van der Waals surface area contributed by atoms with Crippen LogP contribution in [0.1, 0.15) is 38.2 Å². The summed E-state index contributed by atoms with van der Waals surface area (Å²) in [4.78, 5) is 127. The van der Waals surface area contributed by atoms with E-state index in [2.05, 4.69) is 5.43 Å². The van der Waals surface area contributed by atoms with Crippen molar-refractivity contribution in [1.82, 2.24) is 0 Å². The van der Waals surface area contributed by atoms with Gasteiger partial charge in [-0.25, -0.2) is 9.59 Å². The standard InChI is InChI=1S/C76H18N4O14/c1-91-71(83)66-67(72(84)92-2)76(74(86)94-4)64-56-17(70(76)82)11-8-10-14-15(11)19-24-23-18(14)22-20-16(10)21-26-25(20)29-32-27(22)28(23)33-35-30(24)46(50(19)56)54-48-42(35)39-37(33)36(32)38-34(29)40-31(26)49-52-45(40)44-41(38)43(39)47-51(44)58-60(52)65(75(66,73(85)93-3)63(58)57(53(47)48)59(54)64)62-55(49)61(21)68(69(62)81)78-77-12-6-5-9(79(87)88)7-13(12)80(89)90/h5-7,77H,8H2,1-4H3/b67-66-,78-68+. The molecular weight excluding hydrogens is 1190 g/mol. The Morgan fingerprint density at radius 2 is 0.734 bits per heavy atom. The molecule has 4 aliphatic carbocycles. The highest BCUT2D eigenvalue weighted by molar-refractivity contribution is 6.79. The Hall–Kier alpha value is -12.6. The third kappa shape index (κ3) is 2.91. The molecule has 0 aliphatic heterocycles. The number of rotatable bonds is 8. The average molecular weight is 1210 g/mol. The third-order valence-corrected chi connectivity index (χ3v) is 26.6. The first-order valence-corrected chi connectivity index (χ1v) is 31.0. The van der Waals surface area contributed by atoms with Crippen LogP contribution in [-0.2, 0) is 55.4 Å². The lowest BCUT2D eigenvalue weighted by Crippen LogP contribution is -2.52. The van der Waals surface area contributed by atoms with Crippen molar-refractivity contribution in [2.24, 2.45) is 5.10 Å². The van der Waals surface area contributed by atoms with Crippen molar-refractivity contribution in [2.45, 2.75) is 17.3 Å². The zero-order valence-corrected chi connectivity index (χ0v) is 48.0. The van der Waals surface area contributed by atoms with Gasteiger partial charge in [-0.15, -0.1) is 0 Å². The molecule has 0 radical (unpaired) electrons. The van der Waals surface area contributed by atoms with Gasteiger partial charge in [-0.1, -0.05) is 0 Å². The molecule has 0 spiro atoms. The molecule has 0 saturated carbocycles. The molecule has 0 fully saturated rings. The molecular formula is C76H18N4O14. The van der Waals surface area contributed by atoms with Crippen molar-refractivity contribution in [3.63, 3.8) is 0 Å². The van der Waals surface area contributed by atoms with Gasteiger partial charge in [0.25, 0.3) is 5.69 Å². The van der Waals surface area contributed by atoms with Crippen molar-refractivity contribution in [1.29, 1.82) is 0 Å². The molecule has 0 aromatic heterocycles. The maximum atomic E-state index is 18.0. The number of ketones is 1. The molecule has 0 heterocycles. The first-order chi connectivity index (χ1) is 45.8. The number of benzene rings is 17. The molecule has 2 unspecified atom stereocenters. The topological polar surface area (TPSA) is 250 Å². The number of nitro benzene ring substituents is 2. The number of nitrogens with zero attached hydrogens (tertiary/aromatic N) is 3. The van der Waals surface area contributed by atoms with Crippen LogP contribution < -0.4 is 16.2 Å². The SMILES string of the molecule is COC(=O)/C1=C(\C(=O)OC)C2(C(=O)OC)c3c4c(=O)/c(=N/Nc5ccc([N+](=O)[O-])cc5[N+](=O)[O-])c5c4c4c6c3c3c2c2c7c8c9c(c%10c%11c%12c(c%13c5c5c%14c%13c%13c%12c%12c%15c%11c9c9c7c7c2c2c3c3c6c(c45)c4c%14c5c%13c%12c6c(c9%15)c7c7c2c3c4c5c76)C%10)C(=O)C18C(=O)OC. The van der Waals surface area contributed by atoms with Crippen molar-refractivity contribution in [3.8, 4) is 0 Å². The van der Waals surface area contributed by atoms with E-state index in [1.54, 1.807) is 0 Å². The van der Waals surface area contributed by atoms with Crippen molar-refractivity contribution in [3.05, 3.63) is 98.5 Å². The smallest absolute Gasteiger partial charge is 0.336 e. The van der Waals surface area contributed by atoms with E-state index in [0.29, 0.717) is 59.4 Å². The maximum absolute atomic E-state index is 18.0. The number of carbonyl (C=O) groups excluding carboxylic acids is 5. The fourth-order valence-electron chi connectivity index (χ4n) is 25.0. The summed E-state index contributed by atoms with van der Waals surface area (Å²) in [6.45, 7) is 0. The van der Waals surface area contributed by atoms with Gasteiger partial charge in [0.15, 0.2) is 16.6 Å². The summed E-state index contributed by atoms with van der Waals surface area (Å²) < 4.78 is 24.5. The summed E-state index contributed by atoms with van der Waals surface area (Å²) in [6.07, 6.45) is 0.132. The van der Waals surface area contributed by atoms with Gasteiger partial charge < -0.3 is 18.9 Å². The highest BCUT2D eigenvalue weighted by Gasteiger charge is 2.70. The van der Waals surface area contributed by atoms with E-state index in [-0.39, 0.29) is 45.1 Å². The average Bonchev–Trinajstić information content (AvgIpc) is 1.40. The number of nitrogens with one attached hydrogen (secondary N) is 1. The fourth-order valence-corrected chi connectivity index (χ4v) is 25.0. The molecule has 18 heteroatoms. The van der Waals surface area contributed by atoms with E-state index in [1.165, 1.54) is 45.5 Å². The van der Waals surface area contributed by atoms with Crippen LogP contribution in [0, 0.1) is 20.2 Å². The number of nitro groups is 2.